The number of anilines is 1. The van der Waals surface area contributed by atoms with Crippen LogP contribution in [0.2, 0.25) is 0 Å². The molecule has 4 atom stereocenters. The van der Waals surface area contributed by atoms with Crippen molar-refractivity contribution in [2.24, 2.45) is 11.8 Å². The second-order valence-corrected chi connectivity index (χ2v) is 13.9. The topological polar surface area (TPSA) is 156 Å². The molecule has 2 aromatic heterocycles. The molecule has 2 heterocycles. The van der Waals surface area contributed by atoms with Crippen LogP contribution in [-0.2, 0) is 34.7 Å². The highest BCUT2D eigenvalue weighted by atomic mass is 31.2. The summed E-state index contributed by atoms with van der Waals surface area (Å²) in [7, 11) is -2.66. The lowest BCUT2D eigenvalue weighted by molar-refractivity contribution is -0.152. The predicted octanol–water partition coefficient (Wildman–Crippen LogP) is 5.66. The van der Waals surface area contributed by atoms with E-state index in [0.717, 1.165) is 32.1 Å². The summed E-state index contributed by atoms with van der Waals surface area (Å²) in [6, 6.07) is 7.51. The number of rotatable bonds is 15. The molecule has 1 amide bonds. The summed E-state index contributed by atoms with van der Waals surface area (Å²) in [5.74, 6) is -1.31. The Hall–Kier alpha value is -3.45. The minimum atomic E-state index is -4.16. The molecule has 15 heteroatoms. The molecule has 252 valence electrons. The molecule has 3 aromatic rings. The largest absolute Gasteiger partial charge is 0.461 e. The Morgan fingerprint density at radius 1 is 1.11 bits per heavy atom. The maximum absolute atomic E-state index is 14.4. The molecule has 0 saturated heterocycles. The molecule has 1 unspecified atom stereocenters. The maximum Gasteiger partial charge on any atom is 0.459 e. The van der Waals surface area contributed by atoms with E-state index in [2.05, 4.69) is 25.4 Å². The first kappa shape index (κ1) is 35.4. The van der Waals surface area contributed by atoms with Gasteiger partial charge in [0.1, 0.15) is 17.9 Å². The number of nitrogens with zero attached hydrogens (tertiary/aromatic N) is 4. The number of aromatic nitrogens is 4. The van der Waals surface area contributed by atoms with Crippen LogP contribution in [0.3, 0.4) is 0 Å². The summed E-state index contributed by atoms with van der Waals surface area (Å²) >= 11 is 0. The Morgan fingerprint density at radius 3 is 2.46 bits per heavy atom. The van der Waals surface area contributed by atoms with E-state index in [1.54, 1.807) is 62.6 Å². The van der Waals surface area contributed by atoms with Gasteiger partial charge in [0.15, 0.2) is 17.0 Å². The molecule has 1 fully saturated rings. The Bertz CT molecular complexity index is 1530. The molecule has 46 heavy (non-hydrogen) atoms. The average molecular weight is 663 g/mol. The third-order valence-electron chi connectivity index (χ3n) is 8.21. The number of ether oxygens (including phenoxy) is 2. The minimum absolute atomic E-state index is 0.0216. The molecule has 0 spiro atoms. The van der Waals surface area contributed by atoms with Gasteiger partial charge in [0.05, 0.1) is 18.5 Å². The second kappa shape index (κ2) is 15.4. The van der Waals surface area contributed by atoms with Crippen molar-refractivity contribution in [3.8, 4) is 5.75 Å². The smallest absolute Gasteiger partial charge is 0.459 e. The Morgan fingerprint density at radius 2 is 1.80 bits per heavy atom. The van der Waals surface area contributed by atoms with E-state index in [1.165, 1.54) is 13.4 Å². The molecule has 0 bridgehead atoms. The Kier molecular flexibility index (Phi) is 11.9. The Labute approximate surface area is 268 Å². The Balaban J connectivity index is 1.50. The number of hydrogen-bond acceptors (Lipinski definition) is 10. The lowest BCUT2D eigenvalue weighted by Crippen LogP contribution is -2.43. The van der Waals surface area contributed by atoms with Gasteiger partial charge in [-0.05, 0) is 51.7 Å². The van der Waals surface area contributed by atoms with Gasteiger partial charge in [-0.15, -0.1) is 0 Å². The molecule has 13 nitrogen and oxygen atoms in total. The molecule has 0 aliphatic heterocycles. The van der Waals surface area contributed by atoms with Gasteiger partial charge in [-0.1, -0.05) is 45.4 Å². The van der Waals surface area contributed by atoms with Crippen LogP contribution in [0.1, 0.15) is 66.7 Å². The number of methoxy groups -OCH3 is 1. The zero-order valence-electron chi connectivity index (χ0n) is 27.2. The van der Waals surface area contributed by atoms with Gasteiger partial charge in [0.25, 0.3) is 0 Å². The van der Waals surface area contributed by atoms with Gasteiger partial charge in [-0.3, -0.25) is 14.1 Å². The van der Waals surface area contributed by atoms with E-state index in [9.17, 15) is 18.5 Å². The number of esters is 1. The molecule has 1 aliphatic carbocycles. The van der Waals surface area contributed by atoms with E-state index in [1.807, 2.05) is 6.92 Å². The average Bonchev–Trinajstić information content (AvgIpc) is 3.42. The highest BCUT2D eigenvalue weighted by molar-refractivity contribution is 7.52. The van der Waals surface area contributed by atoms with E-state index in [0.29, 0.717) is 0 Å². The number of benzene rings is 1. The number of carbonyl (C=O) groups excluding carboxylic acids is 2. The van der Waals surface area contributed by atoms with E-state index < -0.39 is 31.4 Å². The fraction of sp³-hybridized carbons (Fsp3) is 0.581. The van der Waals surface area contributed by atoms with Gasteiger partial charge in [-0.25, -0.2) is 9.55 Å². The van der Waals surface area contributed by atoms with Gasteiger partial charge in [-0.2, -0.15) is 19.4 Å². The van der Waals surface area contributed by atoms with Crippen LogP contribution < -0.4 is 14.9 Å². The first-order valence-electron chi connectivity index (χ1n) is 15.5. The molecule has 1 saturated carbocycles. The SMILES string of the molecule is CO[C@](C)(COP(=O)(N[C@@H](C)C(=O)OC1CCCCC1)Oc1ccccc1)[C@@H](C)Cn1cnc2c(NC(=O)C(C)C)nc(F)nc21. The number of para-hydroxylation sites is 1. The van der Waals surface area contributed by atoms with E-state index in [4.69, 9.17) is 18.5 Å². The first-order valence-corrected chi connectivity index (χ1v) is 17.1. The summed E-state index contributed by atoms with van der Waals surface area (Å²) in [5, 5.41) is 5.35. The van der Waals surface area contributed by atoms with Crippen LogP contribution in [0.15, 0.2) is 36.7 Å². The summed E-state index contributed by atoms with van der Waals surface area (Å²) in [4.78, 5) is 37.1. The third-order valence-corrected chi connectivity index (χ3v) is 9.84. The predicted molar refractivity (Wildman–Crippen MR) is 170 cm³/mol. The lowest BCUT2D eigenvalue weighted by Gasteiger charge is -2.35. The zero-order valence-corrected chi connectivity index (χ0v) is 28.1. The number of fused-ring (bicyclic) bond motifs is 1. The van der Waals surface area contributed by atoms with Gasteiger partial charge >= 0.3 is 19.8 Å². The monoisotopic (exact) mass is 662 g/mol. The van der Waals surface area contributed by atoms with Crippen molar-refractivity contribution in [1.82, 2.24) is 24.6 Å². The number of nitrogens with one attached hydrogen (secondary N) is 2. The van der Waals surface area contributed by atoms with Crippen molar-refractivity contribution >= 4 is 36.6 Å². The molecule has 2 N–H and O–H groups in total. The normalized spacial score (nSPS) is 18.0. The number of imidazole rings is 1. The van der Waals surface area contributed by atoms with Crippen molar-refractivity contribution in [3.63, 3.8) is 0 Å². The summed E-state index contributed by atoms with van der Waals surface area (Å²) in [6.07, 6.45) is 5.01. The molecule has 0 radical (unpaired) electrons. The van der Waals surface area contributed by atoms with Crippen LogP contribution in [0.25, 0.3) is 11.2 Å². The number of carbonyl (C=O) groups is 2. The van der Waals surface area contributed by atoms with Crippen LogP contribution in [0.5, 0.6) is 5.75 Å². The standard InChI is InChI=1S/C31H44FN6O7P/c1-20(2)28(39)34-26-25-27(36-30(32)35-26)38(19-33-25)17-21(3)31(5,42-6)18-43-46(41,45-24-15-11-8-12-16-24)37-22(4)29(40)44-23-13-9-7-10-14-23/h8,11-12,15-16,19-23H,7,9-10,13-14,17-18H2,1-6H3,(H,37,41)(H,34,35,36,39)/t21-,22-,31+,46?/m0/s1. The van der Waals surface area contributed by atoms with Crippen molar-refractivity contribution in [1.29, 1.82) is 0 Å². The molecule has 1 aliphatic rings. The molecular formula is C31H44FN6O7P. The molecule has 1 aromatic carbocycles. The quantitative estimate of drug-likeness (QED) is 0.118. The van der Waals surface area contributed by atoms with Crippen molar-refractivity contribution < 1.29 is 37.1 Å². The fourth-order valence-electron chi connectivity index (χ4n) is 4.95. The molecular weight excluding hydrogens is 618 g/mol. The van der Waals surface area contributed by atoms with Crippen molar-refractivity contribution in [2.45, 2.75) is 91.0 Å². The maximum atomic E-state index is 14.4. The van der Waals surface area contributed by atoms with Gasteiger partial charge < -0.3 is 23.9 Å². The van der Waals surface area contributed by atoms with Crippen LogP contribution in [0, 0.1) is 17.9 Å². The summed E-state index contributed by atoms with van der Waals surface area (Å²) in [6.45, 7) is 8.64. The van der Waals surface area contributed by atoms with Crippen LogP contribution in [-0.4, -0.2) is 62.9 Å². The summed E-state index contributed by atoms with van der Waals surface area (Å²) < 4.78 is 53.5. The third kappa shape index (κ3) is 9.09. The first-order chi connectivity index (χ1) is 21.8. The number of hydrogen-bond donors (Lipinski definition) is 2. The van der Waals surface area contributed by atoms with E-state index >= 15 is 0 Å². The van der Waals surface area contributed by atoms with Gasteiger partial charge in [0, 0.05) is 25.5 Å². The van der Waals surface area contributed by atoms with Crippen LogP contribution in [0.4, 0.5) is 10.2 Å². The summed E-state index contributed by atoms with van der Waals surface area (Å²) in [5.41, 5.74) is -0.639. The zero-order chi connectivity index (χ0) is 33.5. The number of amides is 1. The van der Waals surface area contributed by atoms with E-state index in [-0.39, 0.29) is 59.7 Å². The van der Waals surface area contributed by atoms with Crippen molar-refractivity contribution in [2.75, 3.05) is 19.0 Å². The highest BCUT2D eigenvalue weighted by Gasteiger charge is 2.39. The van der Waals surface area contributed by atoms with Crippen LogP contribution >= 0.6 is 7.75 Å². The van der Waals surface area contributed by atoms with Gasteiger partial charge in [0.2, 0.25) is 5.91 Å². The lowest BCUT2D eigenvalue weighted by atomic mass is 9.91. The molecule has 4 rings (SSSR count). The minimum Gasteiger partial charge on any atom is -0.461 e. The fourth-order valence-corrected chi connectivity index (χ4v) is 6.54. The highest BCUT2D eigenvalue weighted by Crippen LogP contribution is 2.46. The second-order valence-electron chi connectivity index (χ2n) is 12.2. The number of halogens is 1. The van der Waals surface area contributed by atoms with Crippen molar-refractivity contribution in [3.05, 3.63) is 42.7 Å².